The molecule has 2 N–H and O–H groups in total. The lowest BCUT2D eigenvalue weighted by Crippen LogP contribution is -1.99. The summed E-state index contributed by atoms with van der Waals surface area (Å²) in [7, 11) is 0. The van der Waals surface area contributed by atoms with E-state index >= 15 is 0 Å². The van der Waals surface area contributed by atoms with Gasteiger partial charge in [-0.1, -0.05) is 54.1 Å². The lowest BCUT2D eigenvalue weighted by molar-refractivity contribution is 0.112. The van der Waals surface area contributed by atoms with E-state index in [1.54, 1.807) is 18.2 Å². The summed E-state index contributed by atoms with van der Waals surface area (Å²) in [5.74, 6) is -0.0289. The number of rotatable bonds is 5. The molecule has 3 rings (SSSR count). The van der Waals surface area contributed by atoms with Gasteiger partial charge >= 0.3 is 0 Å². The van der Waals surface area contributed by atoms with Gasteiger partial charge < -0.3 is 10.4 Å². The SMILES string of the molecule is Cc1ccc(Nc2cccc(C=O)c2O)c(Cc2ccccc2)c1. The summed E-state index contributed by atoms with van der Waals surface area (Å²) in [6.07, 6.45) is 1.44. The van der Waals surface area contributed by atoms with Gasteiger partial charge in [0.15, 0.2) is 6.29 Å². The van der Waals surface area contributed by atoms with Gasteiger partial charge in [0.1, 0.15) is 5.75 Å². The van der Waals surface area contributed by atoms with Crippen LogP contribution in [0.5, 0.6) is 5.75 Å². The highest BCUT2D eigenvalue weighted by Gasteiger charge is 2.09. The molecule has 0 aliphatic carbocycles. The number of benzene rings is 3. The van der Waals surface area contributed by atoms with Crippen LogP contribution >= 0.6 is 0 Å². The molecule has 3 heteroatoms. The van der Waals surface area contributed by atoms with E-state index in [1.165, 1.54) is 11.1 Å². The minimum Gasteiger partial charge on any atom is -0.505 e. The normalized spacial score (nSPS) is 10.4. The van der Waals surface area contributed by atoms with Crippen LogP contribution in [0.25, 0.3) is 0 Å². The van der Waals surface area contributed by atoms with E-state index in [0.717, 1.165) is 17.7 Å². The third kappa shape index (κ3) is 3.46. The first-order chi connectivity index (χ1) is 11.7. The third-order valence-corrected chi connectivity index (χ3v) is 3.96. The van der Waals surface area contributed by atoms with Crippen LogP contribution < -0.4 is 5.32 Å². The monoisotopic (exact) mass is 317 g/mol. The van der Waals surface area contributed by atoms with Crippen LogP contribution in [0.4, 0.5) is 11.4 Å². The largest absolute Gasteiger partial charge is 0.505 e. The second-order valence-electron chi connectivity index (χ2n) is 5.81. The molecule has 24 heavy (non-hydrogen) atoms. The topological polar surface area (TPSA) is 49.3 Å². The lowest BCUT2D eigenvalue weighted by Gasteiger charge is -2.15. The molecule has 0 amide bonds. The predicted molar refractivity (Wildman–Crippen MR) is 97.2 cm³/mol. The Kier molecular flexibility index (Phi) is 4.62. The van der Waals surface area contributed by atoms with E-state index in [-0.39, 0.29) is 11.3 Å². The molecule has 0 fully saturated rings. The predicted octanol–water partition coefficient (Wildman–Crippen LogP) is 4.85. The maximum atomic E-state index is 11.0. The van der Waals surface area contributed by atoms with E-state index in [9.17, 15) is 9.90 Å². The van der Waals surface area contributed by atoms with Gasteiger partial charge in [-0.25, -0.2) is 0 Å². The maximum Gasteiger partial charge on any atom is 0.153 e. The van der Waals surface area contributed by atoms with Gasteiger partial charge in [0.25, 0.3) is 0 Å². The summed E-state index contributed by atoms with van der Waals surface area (Å²) in [6, 6.07) is 21.5. The fourth-order valence-electron chi connectivity index (χ4n) is 2.71. The van der Waals surface area contributed by atoms with Gasteiger partial charge in [0.05, 0.1) is 11.3 Å². The minimum atomic E-state index is -0.0289. The minimum absolute atomic E-state index is 0.0289. The molecule has 0 aliphatic rings. The molecule has 3 aromatic carbocycles. The van der Waals surface area contributed by atoms with E-state index < -0.39 is 0 Å². The van der Waals surface area contributed by atoms with Crippen molar-refractivity contribution in [3.05, 3.63) is 89.0 Å². The van der Waals surface area contributed by atoms with Crippen molar-refractivity contribution in [3.8, 4) is 5.75 Å². The first-order valence-corrected chi connectivity index (χ1v) is 7.85. The average molecular weight is 317 g/mol. The zero-order valence-corrected chi connectivity index (χ0v) is 13.5. The summed E-state index contributed by atoms with van der Waals surface area (Å²) < 4.78 is 0. The van der Waals surface area contributed by atoms with Crippen molar-refractivity contribution < 1.29 is 9.90 Å². The summed E-state index contributed by atoms with van der Waals surface area (Å²) in [6.45, 7) is 2.06. The summed E-state index contributed by atoms with van der Waals surface area (Å²) in [4.78, 5) is 11.0. The molecule has 0 aliphatic heterocycles. The molecular weight excluding hydrogens is 298 g/mol. The highest BCUT2D eigenvalue weighted by Crippen LogP contribution is 2.31. The number of aryl methyl sites for hydroxylation is 1. The van der Waals surface area contributed by atoms with Gasteiger partial charge in [0.2, 0.25) is 0 Å². The zero-order valence-electron chi connectivity index (χ0n) is 13.5. The Hall–Kier alpha value is -3.07. The van der Waals surface area contributed by atoms with Crippen molar-refractivity contribution in [2.24, 2.45) is 0 Å². The van der Waals surface area contributed by atoms with Crippen LogP contribution in [0.3, 0.4) is 0 Å². The smallest absolute Gasteiger partial charge is 0.153 e. The van der Waals surface area contributed by atoms with Gasteiger partial charge in [-0.05, 0) is 42.7 Å². The number of hydrogen-bond donors (Lipinski definition) is 2. The Morgan fingerprint density at radius 3 is 2.50 bits per heavy atom. The van der Waals surface area contributed by atoms with Crippen LogP contribution in [0, 0.1) is 6.92 Å². The van der Waals surface area contributed by atoms with Crippen molar-refractivity contribution in [1.29, 1.82) is 0 Å². The van der Waals surface area contributed by atoms with Crippen LogP contribution in [-0.2, 0) is 6.42 Å². The van der Waals surface area contributed by atoms with Gasteiger partial charge in [-0.2, -0.15) is 0 Å². The molecule has 0 aromatic heterocycles. The number of aromatic hydroxyl groups is 1. The van der Waals surface area contributed by atoms with Gasteiger partial charge in [-0.3, -0.25) is 4.79 Å². The van der Waals surface area contributed by atoms with Crippen LogP contribution in [0.1, 0.15) is 27.0 Å². The van der Waals surface area contributed by atoms with Crippen LogP contribution in [0.2, 0.25) is 0 Å². The molecule has 3 nitrogen and oxygen atoms in total. The number of carbonyl (C=O) groups excluding carboxylic acids is 1. The summed E-state index contributed by atoms with van der Waals surface area (Å²) in [5, 5.41) is 13.4. The number of phenolic OH excluding ortho intramolecular Hbond substituents is 1. The van der Waals surface area contributed by atoms with Crippen molar-refractivity contribution in [1.82, 2.24) is 0 Å². The van der Waals surface area contributed by atoms with E-state index in [0.29, 0.717) is 12.0 Å². The number of anilines is 2. The van der Waals surface area contributed by atoms with Gasteiger partial charge in [-0.15, -0.1) is 0 Å². The number of aldehydes is 1. The number of carbonyl (C=O) groups is 1. The number of hydrogen-bond acceptors (Lipinski definition) is 3. The third-order valence-electron chi connectivity index (χ3n) is 3.96. The first kappa shape index (κ1) is 15.8. The molecule has 0 unspecified atom stereocenters. The van der Waals surface area contributed by atoms with Gasteiger partial charge in [0, 0.05) is 5.69 Å². The average Bonchev–Trinajstić information content (AvgIpc) is 2.60. The number of nitrogens with one attached hydrogen (secondary N) is 1. The van der Waals surface area contributed by atoms with Crippen molar-refractivity contribution >= 4 is 17.7 Å². The molecule has 0 heterocycles. The fraction of sp³-hybridized carbons (Fsp3) is 0.0952. The number of para-hydroxylation sites is 1. The molecule has 3 aromatic rings. The standard InChI is InChI=1S/C21H19NO2/c1-15-10-11-19(18(12-15)13-16-6-3-2-4-7-16)22-20-9-5-8-17(14-23)21(20)24/h2-12,14,22,24H,13H2,1H3. The molecule has 0 saturated heterocycles. The van der Waals surface area contributed by atoms with E-state index in [4.69, 9.17) is 0 Å². The molecular formula is C21H19NO2. The first-order valence-electron chi connectivity index (χ1n) is 7.85. The van der Waals surface area contributed by atoms with Crippen molar-refractivity contribution in [3.63, 3.8) is 0 Å². The molecule has 0 bridgehead atoms. The quantitative estimate of drug-likeness (QED) is 0.522. The van der Waals surface area contributed by atoms with Crippen LogP contribution in [0.15, 0.2) is 66.7 Å². The second-order valence-corrected chi connectivity index (χ2v) is 5.81. The van der Waals surface area contributed by atoms with Crippen molar-refractivity contribution in [2.75, 3.05) is 5.32 Å². The Bertz CT molecular complexity index is 857. The second kappa shape index (κ2) is 7.01. The summed E-state index contributed by atoms with van der Waals surface area (Å²) in [5.41, 5.74) is 5.25. The van der Waals surface area contributed by atoms with Crippen molar-refractivity contribution in [2.45, 2.75) is 13.3 Å². The molecule has 0 atom stereocenters. The molecule has 120 valence electrons. The van der Waals surface area contributed by atoms with E-state index in [2.05, 4.69) is 30.4 Å². The number of phenols is 1. The Labute approximate surface area is 141 Å². The maximum absolute atomic E-state index is 11.0. The highest BCUT2D eigenvalue weighted by atomic mass is 16.3. The molecule has 0 spiro atoms. The molecule has 0 saturated carbocycles. The molecule has 0 radical (unpaired) electrons. The Morgan fingerprint density at radius 2 is 1.75 bits per heavy atom. The van der Waals surface area contributed by atoms with E-state index in [1.807, 2.05) is 30.3 Å². The van der Waals surface area contributed by atoms with Crippen LogP contribution in [-0.4, -0.2) is 11.4 Å². The Balaban J connectivity index is 1.95. The summed E-state index contributed by atoms with van der Waals surface area (Å²) >= 11 is 0. The fourth-order valence-corrected chi connectivity index (χ4v) is 2.71. The highest BCUT2D eigenvalue weighted by molar-refractivity contribution is 5.84. The lowest BCUT2D eigenvalue weighted by atomic mass is 10.0. The zero-order chi connectivity index (χ0) is 16.9. The Morgan fingerprint density at radius 1 is 0.958 bits per heavy atom.